The molecule has 7 heteroatoms. The van der Waals surface area contributed by atoms with Gasteiger partial charge in [-0.1, -0.05) is 13.8 Å². The molecule has 0 spiro atoms. The van der Waals surface area contributed by atoms with E-state index in [0.717, 1.165) is 12.8 Å². The topological polar surface area (TPSA) is 71.1 Å². The summed E-state index contributed by atoms with van der Waals surface area (Å²) in [7, 11) is -3.59. The van der Waals surface area contributed by atoms with Crippen molar-refractivity contribution in [1.82, 2.24) is 9.71 Å². The van der Waals surface area contributed by atoms with Crippen molar-refractivity contribution in [2.24, 2.45) is 5.92 Å². The standard InChI is InChI=1S/C14H24BrN3O2S/c1-5-16-14-13(8-12(15)9-17-14)21(19,20)18-11(4)7-6-10(2)3/h8-11,18H,5-7H2,1-4H3,(H,16,17). The largest absolute Gasteiger partial charge is 0.369 e. The first kappa shape index (κ1) is 18.4. The molecule has 0 bridgehead atoms. The van der Waals surface area contributed by atoms with Crippen LogP contribution in [0.1, 0.15) is 40.5 Å². The lowest BCUT2D eigenvalue weighted by Crippen LogP contribution is -2.33. The molecule has 0 aliphatic carbocycles. The second kappa shape index (κ2) is 8.10. The average molecular weight is 378 g/mol. The molecule has 1 aromatic rings. The average Bonchev–Trinajstić information content (AvgIpc) is 2.38. The van der Waals surface area contributed by atoms with Crippen LogP contribution in [0.5, 0.6) is 0 Å². The molecule has 1 unspecified atom stereocenters. The Balaban J connectivity index is 2.94. The third kappa shape index (κ3) is 5.92. The van der Waals surface area contributed by atoms with Gasteiger partial charge in [0.2, 0.25) is 10.0 Å². The Hall–Kier alpha value is -0.660. The van der Waals surface area contributed by atoms with Crippen molar-refractivity contribution in [3.8, 4) is 0 Å². The monoisotopic (exact) mass is 377 g/mol. The van der Waals surface area contributed by atoms with E-state index in [1.165, 1.54) is 0 Å². The van der Waals surface area contributed by atoms with Crippen molar-refractivity contribution < 1.29 is 8.42 Å². The lowest BCUT2D eigenvalue weighted by Gasteiger charge is -2.17. The molecule has 0 fully saturated rings. The highest BCUT2D eigenvalue weighted by Crippen LogP contribution is 2.23. The molecular weight excluding hydrogens is 354 g/mol. The van der Waals surface area contributed by atoms with Gasteiger partial charge < -0.3 is 5.32 Å². The summed E-state index contributed by atoms with van der Waals surface area (Å²) >= 11 is 3.27. The number of sulfonamides is 1. The Morgan fingerprint density at radius 3 is 2.52 bits per heavy atom. The van der Waals surface area contributed by atoms with Crippen LogP contribution in [0.2, 0.25) is 0 Å². The first-order chi connectivity index (χ1) is 9.76. The molecule has 0 radical (unpaired) electrons. The molecule has 21 heavy (non-hydrogen) atoms. The van der Waals surface area contributed by atoms with Crippen LogP contribution in [0.3, 0.4) is 0 Å². The molecule has 120 valence electrons. The molecule has 2 N–H and O–H groups in total. The minimum Gasteiger partial charge on any atom is -0.369 e. The van der Waals surface area contributed by atoms with Crippen molar-refractivity contribution in [1.29, 1.82) is 0 Å². The first-order valence-electron chi connectivity index (χ1n) is 7.18. The van der Waals surface area contributed by atoms with Gasteiger partial charge in [-0.05, 0) is 54.6 Å². The van der Waals surface area contributed by atoms with E-state index in [9.17, 15) is 8.42 Å². The van der Waals surface area contributed by atoms with Gasteiger partial charge in [0.05, 0.1) is 0 Å². The van der Waals surface area contributed by atoms with Crippen LogP contribution in [0.4, 0.5) is 5.82 Å². The van der Waals surface area contributed by atoms with Crippen LogP contribution in [-0.2, 0) is 10.0 Å². The van der Waals surface area contributed by atoms with E-state index in [0.29, 0.717) is 22.8 Å². The van der Waals surface area contributed by atoms with Gasteiger partial charge in [0.1, 0.15) is 10.7 Å². The fourth-order valence-electron chi connectivity index (χ4n) is 1.90. The maximum absolute atomic E-state index is 12.5. The number of hydrogen-bond donors (Lipinski definition) is 2. The van der Waals surface area contributed by atoms with Crippen LogP contribution in [0.15, 0.2) is 21.6 Å². The predicted molar refractivity (Wildman–Crippen MR) is 90.0 cm³/mol. The Morgan fingerprint density at radius 1 is 1.29 bits per heavy atom. The molecule has 0 aliphatic heterocycles. The molecule has 0 saturated heterocycles. The third-order valence-electron chi connectivity index (χ3n) is 2.99. The van der Waals surface area contributed by atoms with Crippen LogP contribution in [-0.4, -0.2) is 26.0 Å². The molecule has 1 heterocycles. The maximum atomic E-state index is 12.5. The number of anilines is 1. The van der Waals surface area contributed by atoms with E-state index in [1.807, 2.05) is 13.8 Å². The Morgan fingerprint density at radius 2 is 1.95 bits per heavy atom. The third-order valence-corrected chi connectivity index (χ3v) is 5.02. The molecule has 5 nitrogen and oxygen atoms in total. The van der Waals surface area contributed by atoms with Gasteiger partial charge in [-0.25, -0.2) is 18.1 Å². The van der Waals surface area contributed by atoms with Crippen LogP contribution >= 0.6 is 15.9 Å². The van der Waals surface area contributed by atoms with Gasteiger partial charge in [-0.3, -0.25) is 0 Å². The smallest absolute Gasteiger partial charge is 0.244 e. The Labute approximate surface area is 136 Å². The number of pyridine rings is 1. The minimum absolute atomic E-state index is 0.106. The molecule has 1 aromatic heterocycles. The minimum atomic E-state index is -3.59. The molecular formula is C14H24BrN3O2S. The number of nitrogens with one attached hydrogen (secondary N) is 2. The van der Waals surface area contributed by atoms with Crippen LogP contribution in [0.25, 0.3) is 0 Å². The second-order valence-corrected chi connectivity index (χ2v) is 8.12. The molecule has 0 amide bonds. The van der Waals surface area contributed by atoms with Crippen molar-refractivity contribution in [3.05, 3.63) is 16.7 Å². The highest BCUT2D eigenvalue weighted by molar-refractivity contribution is 9.10. The summed E-state index contributed by atoms with van der Waals surface area (Å²) in [5.74, 6) is 0.936. The number of hydrogen-bond acceptors (Lipinski definition) is 4. The Bertz CT molecular complexity index is 561. The zero-order valence-electron chi connectivity index (χ0n) is 13.0. The lowest BCUT2D eigenvalue weighted by molar-refractivity contribution is 0.485. The van der Waals surface area contributed by atoms with Crippen molar-refractivity contribution in [2.45, 2.75) is 51.5 Å². The van der Waals surface area contributed by atoms with Crippen molar-refractivity contribution in [3.63, 3.8) is 0 Å². The number of aromatic nitrogens is 1. The van der Waals surface area contributed by atoms with Crippen molar-refractivity contribution in [2.75, 3.05) is 11.9 Å². The molecule has 0 aliphatic rings. The molecule has 0 saturated carbocycles. The number of rotatable bonds is 8. The predicted octanol–water partition coefficient (Wildman–Crippen LogP) is 3.38. The SMILES string of the molecule is CCNc1ncc(Br)cc1S(=O)(=O)NC(C)CCC(C)C. The van der Waals surface area contributed by atoms with E-state index >= 15 is 0 Å². The zero-order valence-corrected chi connectivity index (χ0v) is 15.4. The fourth-order valence-corrected chi connectivity index (χ4v) is 3.82. The zero-order chi connectivity index (χ0) is 16.0. The number of nitrogens with zero attached hydrogens (tertiary/aromatic N) is 1. The summed E-state index contributed by atoms with van der Waals surface area (Å²) in [6.07, 6.45) is 3.38. The van der Waals surface area contributed by atoms with Gasteiger partial charge in [0, 0.05) is 23.3 Å². The summed E-state index contributed by atoms with van der Waals surface area (Å²) < 4.78 is 28.4. The van der Waals surface area contributed by atoms with Gasteiger partial charge in [-0.2, -0.15) is 0 Å². The number of halogens is 1. The van der Waals surface area contributed by atoms with Gasteiger partial charge in [-0.15, -0.1) is 0 Å². The van der Waals surface area contributed by atoms with Gasteiger partial charge >= 0.3 is 0 Å². The normalized spacial score (nSPS) is 13.4. The summed E-state index contributed by atoms with van der Waals surface area (Å²) in [6.45, 7) is 8.66. The van der Waals surface area contributed by atoms with Crippen molar-refractivity contribution >= 4 is 31.8 Å². The van der Waals surface area contributed by atoms with Crippen LogP contribution < -0.4 is 10.0 Å². The van der Waals surface area contributed by atoms with Crippen LogP contribution in [0, 0.1) is 5.92 Å². The quantitative estimate of drug-likeness (QED) is 0.728. The second-order valence-electron chi connectivity index (χ2n) is 5.52. The lowest BCUT2D eigenvalue weighted by atomic mass is 10.1. The van der Waals surface area contributed by atoms with E-state index in [2.05, 4.69) is 44.8 Å². The highest BCUT2D eigenvalue weighted by Gasteiger charge is 2.22. The Kier molecular flexibility index (Phi) is 7.09. The highest BCUT2D eigenvalue weighted by atomic mass is 79.9. The summed E-state index contributed by atoms with van der Waals surface area (Å²) in [4.78, 5) is 4.31. The van der Waals surface area contributed by atoms with E-state index in [-0.39, 0.29) is 10.9 Å². The fraction of sp³-hybridized carbons (Fsp3) is 0.643. The summed E-state index contributed by atoms with van der Waals surface area (Å²) in [5, 5.41) is 2.98. The van der Waals surface area contributed by atoms with E-state index in [4.69, 9.17) is 0 Å². The maximum Gasteiger partial charge on any atom is 0.244 e. The summed E-state index contributed by atoms with van der Waals surface area (Å²) in [5.41, 5.74) is 0. The van der Waals surface area contributed by atoms with Gasteiger partial charge in [0.25, 0.3) is 0 Å². The van der Waals surface area contributed by atoms with E-state index < -0.39 is 10.0 Å². The molecule has 0 aromatic carbocycles. The van der Waals surface area contributed by atoms with Gasteiger partial charge in [0.15, 0.2) is 0 Å². The first-order valence-corrected chi connectivity index (χ1v) is 9.45. The van der Waals surface area contributed by atoms with E-state index in [1.54, 1.807) is 12.3 Å². The molecule has 1 rings (SSSR count). The summed E-state index contributed by atoms with van der Waals surface area (Å²) in [6, 6.07) is 1.47. The molecule has 1 atom stereocenters.